The highest BCUT2D eigenvalue weighted by Crippen LogP contribution is 2.15. The Morgan fingerprint density at radius 2 is 2.17 bits per heavy atom. The largest absolute Gasteiger partial charge is 0.355 e. The third kappa shape index (κ3) is 7.39. The Labute approximate surface area is 162 Å². The van der Waals surface area contributed by atoms with Gasteiger partial charge in [-0.3, -0.25) is 4.99 Å². The molecule has 0 unspecified atom stereocenters. The Kier molecular flexibility index (Phi) is 10.1. The van der Waals surface area contributed by atoms with Crippen molar-refractivity contribution in [2.45, 2.75) is 26.2 Å². The Balaban J connectivity index is 0.00000264. The maximum absolute atomic E-state index is 4.40. The summed E-state index contributed by atoms with van der Waals surface area (Å²) in [4.78, 5) is 10.6. The standard InChI is InChI=1S/C17H30N4S.HI/c1-15-6-11-21(12-7-15)13-9-19-17(18-2)20(3)10-8-16-5-4-14-22-16;/h4-5,14-15H,6-13H2,1-3H3,(H,18,19);1H. The summed E-state index contributed by atoms with van der Waals surface area (Å²) in [5.41, 5.74) is 0. The molecule has 4 nitrogen and oxygen atoms in total. The van der Waals surface area contributed by atoms with Gasteiger partial charge in [0.05, 0.1) is 0 Å². The maximum Gasteiger partial charge on any atom is 0.193 e. The van der Waals surface area contributed by atoms with Crippen molar-refractivity contribution in [3.63, 3.8) is 0 Å². The van der Waals surface area contributed by atoms with E-state index in [0.717, 1.165) is 37.9 Å². The van der Waals surface area contributed by atoms with Crippen LogP contribution in [0.15, 0.2) is 22.5 Å². The number of rotatable bonds is 6. The topological polar surface area (TPSA) is 30.9 Å². The van der Waals surface area contributed by atoms with Gasteiger partial charge >= 0.3 is 0 Å². The molecule has 0 spiro atoms. The van der Waals surface area contributed by atoms with Crippen molar-refractivity contribution in [1.29, 1.82) is 0 Å². The van der Waals surface area contributed by atoms with E-state index in [0.29, 0.717) is 0 Å². The van der Waals surface area contributed by atoms with Crippen LogP contribution in [-0.2, 0) is 6.42 Å². The van der Waals surface area contributed by atoms with Gasteiger partial charge in [-0.2, -0.15) is 0 Å². The van der Waals surface area contributed by atoms with Gasteiger partial charge < -0.3 is 15.1 Å². The predicted molar refractivity (Wildman–Crippen MR) is 112 cm³/mol. The number of hydrogen-bond acceptors (Lipinski definition) is 3. The fourth-order valence-electron chi connectivity index (χ4n) is 2.83. The van der Waals surface area contributed by atoms with Crippen molar-refractivity contribution in [3.8, 4) is 0 Å². The number of nitrogens with one attached hydrogen (secondary N) is 1. The van der Waals surface area contributed by atoms with Gasteiger partial charge in [0.1, 0.15) is 0 Å². The number of likely N-dealkylation sites (tertiary alicyclic amines) is 1. The van der Waals surface area contributed by atoms with E-state index in [4.69, 9.17) is 0 Å². The molecule has 1 saturated heterocycles. The van der Waals surface area contributed by atoms with Crippen LogP contribution >= 0.6 is 35.3 Å². The second kappa shape index (κ2) is 11.3. The average Bonchev–Trinajstić information content (AvgIpc) is 3.04. The molecule has 1 aromatic heterocycles. The lowest BCUT2D eigenvalue weighted by Gasteiger charge is -2.30. The molecule has 1 N–H and O–H groups in total. The number of likely N-dealkylation sites (N-methyl/N-ethyl adjacent to an activating group) is 1. The number of piperidine rings is 1. The van der Waals surface area contributed by atoms with Crippen molar-refractivity contribution < 1.29 is 0 Å². The van der Waals surface area contributed by atoms with Gasteiger partial charge in [-0.15, -0.1) is 35.3 Å². The summed E-state index contributed by atoms with van der Waals surface area (Å²) in [5, 5.41) is 5.64. The zero-order valence-corrected chi connectivity index (χ0v) is 17.8. The van der Waals surface area contributed by atoms with Gasteiger partial charge in [0.25, 0.3) is 0 Å². The van der Waals surface area contributed by atoms with Crippen LogP contribution in [-0.4, -0.2) is 62.6 Å². The molecule has 1 aliphatic rings. The van der Waals surface area contributed by atoms with Crippen molar-refractivity contribution in [1.82, 2.24) is 15.1 Å². The van der Waals surface area contributed by atoms with E-state index in [1.54, 1.807) is 0 Å². The summed E-state index contributed by atoms with van der Waals surface area (Å²) in [5.74, 6) is 1.90. The van der Waals surface area contributed by atoms with E-state index in [2.05, 4.69) is 51.6 Å². The van der Waals surface area contributed by atoms with E-state index in [1.807, 2.05) is 18.4 Å². The summed E-state index contributed by atoms with van der Waals surface area (Å²) in [7, 11) is 3.98. The van der Waals surface area contributed by atoms with Crippen LogP contribution in [0.25, 0.3) is 0 Å². The van der Waals surface area contributed by atoms with Crippen LogP contribution in [0.3, 0.4) is 0 Å². The number of halogens is 1. The third-order valence-corrected chi connectivity index (χ3v) is 5.37. The summed E-state index contributed by atoms with van der Waals surface area (Å²) in [6.07, 6.45) is 3.77. The third-order valence-electron chi connectivity index (χ3n) is 4.43. The summed E-state index contributed by atoms with van der Waals surface area (Å²) in [6.45, 7) is 7.95. The predicted octanol–water partition coefficient (Wildman–Crippen LogP) is 3.15. The first-order valence-corrected chi connectivity index (χ1v) is 9.23. The van der Waals surface area contributed by atoms with E-state index < -0.39 is 0 Å². The zero-order chi connectivity index (χ0) is 15.8. The molecule has 2 rings (SSSR count). The number of nitrogens with zero attached hydrogens (tertiary/aromatic N) is 3. The monoisotopic (exact) mass is 450 g/mol. The second-order valence-corrected chi connectivity index (χ2v) is 7.28. The maximum atomic E-state index is 4.40. The smallest absolute Gasteiger partial charge is 0.193 e. The van der Waals surface area contributed by atoms with Crippen molar-refractivity contribution in [2.75, 3.05) is 46.8 Å². The molecule has 1 aliphatic heterocycles. The molecule has 0 bridgehead atoms. The number of guanidine groups is 1. The minimum atomic E-state index is 0. The second-order valence-electron chi connectivity index (χ2n) is 6.25. The molecular weight excluding hydrogens is 419 g/mol. The quantitative estimate of drug-likeness (QED) is 0.411. The Bertz CT molecular complexity index is 441. The van der Waals surface area contributed by atoms with E-state index in [1.165, 1.54) is 30.8 Å². The lowest BCUT2D eigenvalue weighted by atomic mass is 9.99. The first kappa shape index (κ1) is 20.7. The van der Waals surface area contributed by atoms with E-state index in [9.17, 15) is 0 Å². The average molecular weight is 450 g/mol. The van der Waals surface area contributed by atoms with Gasteiger partial charge in [-0.05, 0) is 49.7 Å². The molecular formula is C17H31IN4S. The summed E-state index contributed by atoms with van der Waals surface area (Å²) in [6, 6.07) is 4.32. The van der Waals surface area contributed by atoms with Gasteiger partial charge in [0.2, 0.25) is 0 Å². The Hall–Kier alpha value is -0.340. The summed E-state index contributed by atoms with van der Waals surface area (Å²) < 4.78 is 0. The lowest BCUT2D eigenvalue weighted by Crippen LogP contribution is -2.44. The number of aliphatic imine (C=N–C) groups is 1. The zero-order valence-electron chi connectivity index (χ0n) is 14.6. The normalized spacial score (nSPS) is 16.9. The van der Waals surface area contributed by atoms with E-state index >= 15 is 0 Å². The van der Waals surface area contributed by atoms with Gasteiger partial charge in [0.15, 0.2) is 5.96 Å². The molecule has 0 atom stereocenters. The number of hydrogen-bond donors (Lipinski definition) is 1. The fraction of sp³-hybridized carbons (Fsp3) is 0.706. The van der Waals surface area contributed by atoms with Gasteiger partial charge in [-0.1, -0.05) is 13.0 Å². The van der Waals surface area contributed by atoms with Crippen molar-refractivity contribution >= 4 is 41.3 Å². The van der Waals surface area contributed by atoms with E-state index in [-0.39, 0.29) is 24.0 Å². The molecule has 0 aromatic carbocycles. The Morgan fingerprint density at radius 1 is 1.43 bits per heavy atom. The highest BCUT2D eigenvalue weighted by atomic mass is 127. The van der Waals surface area contributed by atoms with Crippen LogP contribution in [0, 0.1) is 5.92 Å². The molecule has 2 heterocycles. The van der Waals surface area contributed by atoms with Gasteiger partial charge in [-0.25, -0.2) is 0 Å². The van der Waals surface area contributed by atoms with Crippen LogP contribution in [0.2, 0.25) is 0 Å². The number of thiophene rings is 1. The summed E-state index contributed by atoms with van der Waals surface area (Å²) >= 11 is 1.83. The lowest BCUT2D eigenvalue weighted by molar-refractivity contribution is 0.195. The van der Waals surface area contributed by atoms with Crippen LogP contribution in [0.1, 0.15) is 24.6 Å². The highest BCUT2D eigenvalue weighted by molar-refractivity contribution is 14.0. The Morgan fingerprint density at radius 3 is 2.78 bits per heavy atom. The molecule has 0 amide bonds. The molecule has 0 radical (unpaired) electrons. The van der Waals surface area contributed by atoms with Crippen molar-refractivity contribution in [2.24, 2.45) is 10.9 Å². The first-order chi connectivity index (χ1) is 10.7. The molecule has 1 aromatic rings. The first-order valence-electron chi connectivity index (χ1n) is 8.35. The fourth-order valence-corrected chi connectivity index (χ4v) is 3.53. The molecule has 1 fully saturated rings. The molecule has 23 heavy (non-hydrogen) atoms. The van der Waals surface area contributed by atoms with Crippen LogP contribution in [0.5, 0.6) is 0 Å². The molecule has 0 aliphatic carbocycles. The highest BCUT2D eigenvalue weighted by Gasteiger charge is 2.15. The molecule has 0 saturated carbocycles. The van der Waals surface area contributed by atoms with Gasteiger partial charge in [0, 0.05) is 38.6 Å². The minimum Gasteiger partial charge on any atom is -0.355 e. The SMILES string of the molecule is CN=C(NCCN1CCC(C)CC1)N(C)CCc1cccs1.I. The minimum absolute atomic E-state index is 0. The molecule has 132 valence electrons. The molecule has 6 heteroatoms. The van der Waals surface area contributed by atoms with Crippen LogP contribution in [0.4, 0.5) is 0 Å². The van der Waals surface area contributed by atoms with Crippen molar-refractivity contribution in [3.05, 3.63) is 22.4 Å². The van der Waals surface area contributed by atoms with Crippen LogP contribution < -0.4 is 5.32 Å².